The lowest BCUT2D eigenvalue weighted by Crippen LogP contribution is -3.28. The standard InChI is InChI=1S/C21H31FN4O2/c1-16-4-3-5-17(2)26(16)21(28)15-25-12-10-24(11-13-25)14-20(27)23-19-8-6-18(22)7-9-19/h6-9,16-17H,3-5,10-15H2,1-2H3,(H,23,27)/p+2/t16-,17+. The number of carbonyl (C=O) groups excluding carboxylic acids is 2. The molecule has 2 atom stereocenters. The molecule has 2 fully saturated rings. The Bertz CT molecular complexity index is 663. The van der Waals surface area contributed by atoms with Crippen molar-refractivity contribution in [2.75, 3.05) is 44.6 Å². The van der Waals surface area contributed by atoms with Crippen LogP contribution >= 0.6 is 0 Å². The molecule has 3 rings (SSSR count). The summed E-state index contributed by atoms with van der Waals surface area (Å²) in [4.78, 5) is 29.6. The van der Waals surface area contributed by atoms with Crippen LogP contribution in [-0.2, 0) is 9.59 Å². The van der Waals surface area contributed by atoms with Gasteiger partial charge in [0.2, 0.25) is 0 Å². The lowest BCUT2D eigenvalue weighted by molar-refractivity contribution is -1.00. The number of nitrogens with zero attached hydrogens (tertiary/aromatic N) is 1. The quantitative estimate of drug-likeness (QED) is 0.623. The zero-order valence-electron chi connectivity index (χ0n) is 17.0. The topological polar surface area (TPSA) is 58.3 Å². The fourth-order valence-electron chi connectivity index (χ4n) is 4.49. The van der Waals surface area contributed by atoms with Crippen LogP contribution in [0.4, 0.5) is 10.1 Å². The number of carbonyl (C=O) groups is 2. The van der Waals surface area contributed by atoms with Gasteiger partial charge in [-0.25, -0.2) is 4.39 Å². The number of piperazine rings is 1. The van der Waals surface area contributed by atoms with Crippen molar-refractivity contribution in [3.05, 3.63) is 30.1 Å². The van der Waals surface area contributed by atoms with Crippen molar-refractivity contribution in [1.29, 1.82) is 0 Å². The van der Waals surface area contributed by atoms with Crippen molar-refractivity contribution in [3.8, 4) is 0 Å². The number of amides is 2. The van der Waals surface area contributed by atoms with Gasteiger partial charge in [0.05, 0.1) is 0 Å². The monoisotopic (exact) mass is 392 g/mol. The highest BCUT2D eigenvalue weighted by Gasteiger charge is 2.33. The van der Waals surface area contributed by atoms with Gasteiger partial charge in [0.25, 0.3) is 11.8 Å². The number of likely N-dealkylation sites (tertiary alicyclic amines) is 1. The van der Waals surface area contributed by atoms with Gasteiger partial charge in [-0.1, -0.05) is 0 Å². The van der Waals surface area contributed by atoms with Gasteiger partial charge in [-0.3, -0.25) is 9.59 Å². The van der Waals surface area contributed by atoms with Crippen LogP contribution in [0.5, 0.6) is 0 Å². The number of quaternary nitrogens is 2. The van der Waals surface area contributed by atoms with E-state index in [1.807, 2.05) is 0 Å². The highest BCUT2D eigenvalue weighted by molar-refractivity contribution is 5.91. The van der Waals surface area contributed by atoms with Gasteiger partial charge in [-0.2, -0.15) is 0 Å². The van der Waals surface area contributed by atoms with Gasteiger partial charge in [-0.05, 0) is 57.4 Å². The summed E-state index contributed by atoms with van der Waals surface area (Å²) in [5.41, 5.74) is 0.616. The van der Waals surface area contributed by atoms with Crippen LogP contribution in [0, 0.1) is 5.82 Å². The molecule has 0 radical (unpaired) electrons. The molecule has 6 nitrogen and oxygen atoms in total. The summed E-state index contributed by atoms with van der Waals surface area (Å²) in [6.45, 7) is 8.84. The Hall–Kier alpha value is -1.99. The first-order valence-electron chi connectivity index (χ1n) is 10.5. The number of piperidine rings is 1. The molecule has 0 unspecified atom stereocenters. The smallest absolute Gasteiger partial charge is 0.279 e. The predicted molar refractivity (Wildman–Crippen MR) is 106 cm³/mol. The van der Waals surface area contributed by atoms with Crippen LogP contribution in [0.15, 0.2) is 24.3 Å². The van der Waals surface area contributed by atoms with Crippen molar-refractivity contribution in [2.45, 2.75) is 45.2 Å². The third kappa shape index (κ3) is 5.52. The number of nitrogens with one attached hydrogen (secondary N) is 3. The summed E-state index contributed by atoms with van der Waals surface area (Å²) in [7, 11) is 0. The van der Waals surface area contributed by atoms with Gasteiger partial charge in [0.15, 0.2) is 13.1 Å². The minimum atomic E-state index is -0.314. The minimum Gasteiger partial charge on any atom is -0.332 e. The van der Waals surface area contributed by atoms with Crippen LogP contribution in [-0.4, -0.2) is 68.1 Å². The van der Waals surface area contributed by atoms with E-state index in [4.69, 9.17) is 0 Å². The fraction of sp³-hybridized carbons (Fsp3) is 0.619. The number of halogens is 1. The molecule has 0 saturated carbocycles. The van der Waals surface area contributed by atoms with Crippen molar-refractivity contribution < 1.29 is 23.8 Å². The summed E-state index contributed by atoms with van der Waals surface area (Å²) in [5.74, 6) is -0.102. The Kier molecular flexibility index (Phi) is 7.02. The number of benzene rings is 1. The van der Waals surface area contributed by atoms with Gasteiger partial charge in [0, 0.05) is 17.8 Å². The Labute approximate surface area is 166 Å². The van der Waals surface area contributed by atoms with E-state index in [-0.39, 0.29) is 17.6 Å². The molecule has 0 bridgehead atoms. The van der Waals surface area contributed by atoms with E-state index in [2.05, 4.69) is 24.1 Å². The van der Waals surface area contributed by atoms with E-state index < -0.39 is 0 Å². The number of hydrogen-bond donors (Lipinski definition) is 3. The second kappa shape index (κ2) is 9.47. The van der Waals surface area contributed by atoms with Crippen molar-refractivity contribution in [1.82, 2.24) is 4.90 Å². The first-order chi connectivity index (χ1) is 13.4. The highest BCUT2D eigenvalue weighted by Crippen LogP contribution is 2.22. The molecular formula is C21H33FN4O2+2. The van der Waals surface area contributed by atoms with Crippen LogP contribution in [0.1, 0.15) is 33.1 Å². The molecule has 0 aliphatic carbocycles. The summed E-state index contributed by atoms with van der Waals surface area (Å²) in [6, 6.07) is 6.50. The van der Waals surface area contributed by atoms with E-state index in [0.717, 1.165) is 39.0 Å². The Morgan fingerprint density at radius 1 is 1.00 bits per heavy atom. The molecule has 1 aromatic carbocycles. The first kappa shape index (κ1) is 20.7. The minimum absolute atomic E-state index is 0.0582. The van der Waals surface area contributed by atoms with E-state index in [9.17, 15) is 14.0 Å². The summed E-state index contributed by atoms with van der Waals surface area (Å²) in [6.07, 6.45) is 3.42. The summed E-state index contributed by atoms with van der Waals surface area (Å²) >= 11 is 0. The number of hydrogen-bond acceptors (Lipinski definition) is 2. The largest absolute Gasteiger partial charge is 0.332 e. The van der Waals surface area contributed by atoms with Crippen molar-refractivity contribution in [2.24, 2.45) is 0 Å². The predicted octanol–water partition coefficient (Wildman–Crippen LogP) is -0.663. The number of anilines is 1. The van der Waals surface area contributed by atoms with Crippen LogP contribution < -0.4 is 15.1 Å². The molecule has 0 spiro atoms. The van der Waals surface area contributed by atoms with Crippen LogP contribution in [0.25, 0.3) is 0 Å². The number of rotatable bonds is 5. The lowest BCUT2D eigenvalue weighted by atomic mass is 9.97. The molecule has 7 heteroatoms. The maximum Gasteiger partial charge on any atom is 0.279 e. The average Bonchev–Trinajstić information content (AvgIpc) is 2.65. The highest BCUT2D eigenvalue weighted by atomic mass is 19.1. The Morgan fingerprint density at radius 2 is 1.54 bits per heavy atom. The zero-order valence-corrected chi connectivity index (χ0v) is 17.0. The van der Waals surface area contributed by atoms with E-state index in [0.29, 0.717) is 30.9 Å². The molecule has 2 aliphatic heterocycles. The second-order valence-electron chi connectivity index (χ2n) is 8.34. The maximum absolute atomic E-state index is 12.9. The normalized spacial score (nSPS) is 28.0. The Balaban J connectivity index is 1.41. The molecule has 2 aliphatic rings. The fourth-order valence-corrected chi connectivity index (χ4v) is 4.49. The Morgan fingerprint density at radius 3 is 2.11 bits per heavy atom. The molecule has 154 valence electrons. The first-order valence-corrected chi connectivity index (χ1v) is 10.5. The average molecular weight is 393 g/mol. The van der Waals surface area contributed by atoms with Gasteiger partial charge in [-0.15, -0.1) is 0 Å². The summed E-state index contributed by atoms with van der Waals surface area (Å²) in [5, 5.41) is 2.82. The molecule has 1 aromatic rings. The van der Waals surface area contributed by atoms with Gasteiger partial charge >= 0.3 is 0 Å². The SMILES string of the molecule is C[C@@H]1CCC[C@H](C)N1C(=O)C[NH+]1CC[NH+](CC(=O)Nc2ccc(F)cc2)CC1. The van der Waals surface area contributed by atoms with Gasteiger partial charge < -0.3 is 20.0 Å². The molecular weight excluding hydrogens is 359 g/mol. The maximum atomic E-state index is 12.9. The third-order valence-corrected chi connectivity index (χ3v) is 6.09. The molecule has 2 amide bonds. The van der Waals surface area contributed by atoms with Gasteiger partial charge in [0.1, 0.15) is 32.0 Å². The molecule has 0 aromatic heterocycles. The van der Waals surface area contributed by atoms with E-state index in [1.54, 1.807) is 12.1 Å². The van der Waals surface area contributed by atoms with E-state index in [1.165, 1.54) is 28.4 Å². The summed E-state index contributed by atoms with van der Waals surface area (Å²) < 4.78 is 12.9. The molecule has 2 heterocycles. The van der Waals surface area contributed by atoms with Crippen molar-refractivity contribution in [3.63, 3.8) is 0 Å². The third-order valence-electron chi connectivity index (χ3n) is 6.09. The van der Waals surface area contributed by atoms with E-state index >= 15 is 0 Å². The lowest BCUT2D eigenvalue weighted by Gasteiger charge is -2.39. The molecule has 28 heavy (non-hydrogen) atoms. The van der Waals surface area contributed by atoms with Crippen LogP contribution in [0.2, 0.25) is 0 Å². The van der Waals surface area contributed by atoms with Crippen LogP contribution in [0.3, 0.4) is 0 Å². The second-order valence-corrected chi connectivity index (χ2v) is 8.34. The molecule has 2 saturated heterocycles. The van der Waals surface area contributed by atoms with Crippen molar-refractivity contribution >= 4 is 17.5 Å². The zero-order chi connectivity index (χ0) is 20.1. The molecule has 3 N–H and O–H groups in total.